The van der Waals surface area contributed by atoms with Crippen LogP contribution < -0.4 is 31.9 Å². The Morgan fingerprint density at radius 3 is 2.16 bits per heavy atom. The fourth-order valence-corrected chi connectivity index (χ4v) is 13.9. The van der Waals surface area contributed by atoms with E-state index in [9.17, 15) is 38.4 Å². The molecule has 0 radical (unpaired) electrons. The van der Waals surface area contributed by atoms with Gasteiger partial charge < -0.3 is 94.3 Å². The molecular weight excluding hydrogens is 1430 g/mol. The van der Waals surface area contributed by atoms with E-state index in [1.54, 1.807) is 49.1 Å². The van der Waals surface area contributed by atoms with Crippen molar-refractivity contribution in [3.8, 4) is 11.4 Å². The molecule has 0 bridgehead atoms. The summed E-state index contributed by atoms with van der Waals surface area (Å²) >= 11 is 0. The lowest BCUT2D eigenvalue weighted by molar-refractivity contribution is -0.137. The lowest BCUT2D eigenvalue weighted by Crippen LogP contribution is -2.53. The van der Waals surface area contributed by atoms with E-state index in [1.165, 1.54) is 42.3 Å². The Labute approximate surface area is 646 Å². The van der Waals surface area contributed by atoms with E-state index >= 15 is 0 Å². The van der Waals surface area contributed by atoms with Crippen molar-refractivity contribution in [2.24, 2.45) is 11.7 Å². The molecule has 6 heterocycles. The van der Waals surface area contributed by atoms with Crippen LogP contribution in [0.25, 0.3) is 39.0 Å². The van der Waals surface area contributed by atoms with Crippen LogP contribution in [0.4, 0.5) is 16.2 Å². The number of hydrogen-bond acceptors (Lipinski definition) is 22. The number of carbonyl (C=O) groups is 8. The monoisotopic (exact) mass is 1530 g/mol. The molecule has 0 saturated carbocycles. The van der Waals surface area contributed by atoms with Crippen molar-refractivity contribution in [1.82, 2.24) is 55.5 Å². The number of rotatable bonds is 40. The Morgan fingerprint density at radius 2 is 1.44 bits per heavy atom. The molecule has 3 aromatic carbocycles. The number of methoxy groups -OCH3 is 1. The van der Waals surface area contributed by atoms with Crippen molar-refractivity contribution in [1.29, 1.82) is 0 Å². The molecule has 5 aromatic rings. The van der Waals surface area contributed by atoms with E-state index in [4.69, 9.17) is 58.3 Å². The number of aromatic amines is 2. The predicted molar refractivity (Wildman–Crippen MR) is 414 cm³/mol. The number of nitrogens with one attached hydrogen (secondary N) is 6. The van der Waals surface area contributed by atoms with Crippen LogP contribution in [0.1, 0.15) is 96.4 Å². The Hall–Kier alpha value is -9.86. The number of aromatic nitrogens is 4. The smallest absolute Gasteiger partial charge is 0.412 e. The van der Waals surface area contributed by atoms with Gasteiger partial charge >= 0.3 is 6.09 Å². The average Bonchev–Trinajstić information content (AvgIpc) is 1.64. The molecule has 2 aliphatic carbocycles. The number of benzene rings is 3. The van der Waals surface area contributed by atoms with Gasteiger partial charge in [0, 0.05) is 112 Å². The lowest BCUT2D eigenvalue weighted by atomic mass is 9.95. The zero-order valence-corrected chi connectivity index (χ0v) is 64.2. The number of allylic oxidation sites excluding steroid dienone is 2. The number of nitrogens with zero attached hydrogens (tertiary/aromatic N) is 7. The SMILES string of the molecule is C=C1C[C@@H](C2OCCN2C(=O)OCc2ccc(NC(=O)[C@H](C)NC(=O)C(NC(=O)CCOCCOCCOCCOCCNC(=O)CCN3C(=O)C=CC3=O)C(C)C)cc2)N(C(=O)C2=CC(OC)=C(OCCCCCOC3CC=C(c4nc5ccc(-c6nc7cc(N8CCN(C)CC8)ccc7[nH]6)cc5[nH]4)CC3)CC2N)C1. The summed E-state index contributed by atoms with van der Waals surface area (Å²) in [5.41, 5.74) is 16.2. The maximum Gasteiger partial charge on any atom is 0.412 e. The third-order valence-corrected chi connectivity index (χ3v) is 20.3. The summed E-state index contributed by atoms with van der Waals surface area (Å²) in [7, 11) is 3.70. The molecule has 31 nitrogen and oxygen atoms in total. The number of fused-ring (bicyclic) bond motifs is 2. The molecule has 11 rings (SSSR count). The van der Waals surface area contributed by atoms with Gasteiger partial charge in [0.05, 0.1) is 114 Å². The van der Waals surface area contributed by atoms with Gasteiger partial charge in [0.15, 0.2) is 12.0 Å². The van der Waals surface area contributed by atoms with Crippen molar-refractivity contribution in [2.45, 2.75) is 128 Å². The molecule has 6 atom stereocenters. The largest absolute Gasteiger partial charge is 0.494 e. The minimum Gasteiger partial charge on any atom is -0.494 e. The fraction of sp³-hybridized carbons (Fsp3) is 0.525. The van der Waals surface area contributed by atoms with Crippen molar-refractivity contribution in [3.63, 3.8) is 0 Å². The summed E-state index contributed by atoms with van der Waals surface area (Å²) in [5, 5.41) is 10.9. The summed E-state index contributed by atoms with van der Waals surface area (Å²) in [6.07, 6.45) is 10.8. The van der Waals surface area contributed by atoms with Crippen molar-refractivity contribution in [3.05, 3.63) is 126 Å². The third-order valence-electron chi connectivity index (χ3n) is 20.3. The predicted octanol–water partition coefficient (Wildman–Crippen LogP) is 6.14. The van der Waals surface area contributed by atoms with Gasteiger partial charge in [-0.15, -0.1) is 0 Å². The number of H-pyrrole nitrogens is 2. The van der Waals surface area contributed by atoms with E-state index in [2.05, 4.69) is 97.1 Å². The lowest BCUT2D eigenvalue weighted by Gasteiger charge is -2.34. The van der Waals surface area contributed by atoms with E-state index in [1.807, 2.05) is 0 Å². The van der Waals surface area contributed by atoms with Crippen molar-refractivity contribution < 1.29 is 81.0 Å². The summed E-state index contributed by atoms with van der Waals surface area (Å²) in [6, 6.07) is 16.3. The Bertz CT molecular complexity index is 4200. The first-order valence-corrected chi connectivity index (χ1v) is 38.5. The zero-order chi connectivity index (χ0) is 78.3. The standard InChI is InChI=1S/C80H106N14O17/c1-51(2)73(89-70(96)25-35-104-38-40-106-42-43-107-41-39-105-36-26-82-69(95)24-27-92-71(97)22-23-72(92)98)77(100)83-53(4)76(99)84-57-15-10-54(11-16-57)50-111-80(102)93-32-37-110-79(93)66-44-52(3)49-94(66)78(101)60-47-67(103-6)68(48-61(60)81)109-34-9-7-8-33-108-59-18-12-55(13-19-59)74-85-62-20-14-56(45-64(62)87-74)75-86-63-21-17-58(46-65(63)88-75)91-30-28-90(5)29-31-91/h10-12,14-17,20-23,45-47,51,53,59,61,66,73,79H,3,7-9,13,18-19,24-44,48-50,81H2,1-2,4-6H3,(H,82,95)(H,83,100)(H,84,99)(H,85,87)(H,86,88)(H,89,96)/t53-,59?,61?,66-,73?,79?/m0/s1. The van der Waals surface area contributed by atoms with Crippen LogP contribution in [0, 0.1) is 5.92 Å². The Morgan fingerprint density at radius 1 is 0.730 bits per heavy atom. The molecule has 6 aliphatic rings. The number of ether oxygens (including phenoxy) is 9. The van der Waals surface area contributed by atoms with E-state index in [-0.39, 0.29) is 109 Å². The molecule has 2 aromatic heterocycles. The number of hydrogen-bond donors (Lipinski definition) is 7. The maximum absolute atomic E-state index is 14.5. The van der Waals surface area contributed by atoms with Crippen LogP contribution in [0.5, 0.6) is 0 Å². The van der Waals surface area contributed by atoms with Gasteiger partial charge in [0.2, 0.25) is 23.6 Å². The van der Waals surface area contributed by atoms with E-state index in [0.29, 0.717) is 74.4 Å². The number of imide groups is 1. The average molecular weight is 1540 g/mol. The summed E-state index contributed by atoms with van der Waals surface area (Å²) < 4.78 is 52.3. The van der Waals surface area contributed by atoms with Gasteiger partial charge in [-0.1, -0.05) is 44.2 Å². The number of nitrogens with two attached hydrogens (primary N) is 1. The fourth-order valence-electron chi connectivity index (χ4n) is 13.9. The maximum atomic E-state index is 14.5. The molecule has 8 amide bonds. The number of likely N-dealkylation sites (tertiary alicyclic amines) is 1. The molecule has 598 valence electrons. The second-order valence-corrected chi connectivity index (χ2v) is 28.8. The first kappa shape index (κ1) is 82.1. The molecule has 3 saturated heterocycles. The van der Waals surface area contributed by atoms with Gasteiger partial charge in [0.1, 0.15) is 36.1 Å². The van der Waals surface area contributed by atoms with Crippen LogP contribution in [0.2, 0.25) is 0 Å². The van der Waals surface area contributed by atoms with Gasteiger partial charge in [0.25, 0.3) is 17.7 Å². The number of anilines is 2. The second-order valence-electron chi connectivity index (χ2n) is 28.8. The molecule has 4 aliphatic heterocycles. The second kappa shape index (κ2) is 40.4. The first-order valence-electron chi connectivity index (χ1n) is 38.5. The number of carbonyl (C=O) groups excluding carboxylic acids is 8. The summed E-state index contributed by atoms with van der Waals surface area (Å²) in [6.45, 7) is 17.5. The minimum absolute atomic E-state index is 0.00522. The highest BCUT2D eigenvalue weighted by atomic mass is 16.6. The highest BCUT2D eigenvalue weighted by Crippen LogP contribution is 2.36. The van der Waals surface area contributed by atoms with Gasteiger partial charge in [-0.2, -0.15) is 0 Å². The topological polar surface area (TPSA) is 367 Å². The number of likely N-dealkylation sites (N-methyl/N-ethyl adjacent to an activating group) is 1. The molecule has 0 spiro atoms. The molecular formula is C80H106N14O17. The third kappa shape index (κ3) is 22.9. The van der Waals surface area contributed by atoms with Crippen molar-refractivity contribution in [2.75, 3.05) is 149 Å². The number of piperazine rings is 1. The first-order chi connectivity index (χ1) is 53.7. The minimum atomic E-state index is -0.973. The summed E-state index contributed by atoms with van der Waals surface area (Å²) in [4.78, 5) is 129. The molecule has 31 heteroatoms. The van der Waals surface area contributed by atoms with E-state index < -0.39 is 66.0 Å². The van der Waals surface area contributed by atoms with E-state index in [0.717, 1.165) is 114 Å². The van der Waals surface area contributed by atoms with Gasteiger partial charge in [-0.05, 0) is 131 Å². The van der Waals surface area contributed by atoms with Gasteiger partial charge in [-0.3, -0.25) is 43.4 Å². The molecule has 3 fully saturated rings. The normalized spacial score (nSPS) is 19.5. The summed E-state index contributed by atoms with van der Waals surface area (Å²) in [5.74, 6) is -0.473. The number of unbranched alkanes of at least 4 members (excludes halogenated alkanes) is 2. The quantitative estimate of drug-likeness (QED) is 0.0132. The molecule has 4 unspecified atom stereocenters. The molecule has 8 N–H and O–H groups in total. The highest BCUT2D eigenvalue weighted by Gasteiger charge is 2.46. The Kier molecular flexibility index (Phi) is 29.9. The number of imidazole rings is 2. The Balaban J connectivity index is 0.535. The zero-order valence-electron chi connectivity index (χ0n) is 64.2. The molecule has 111 heavy (non-hydrogen) atoms. The van der Waals surface area contributed by atoms with Crippen LogP contribution in [0.3, 0.4) is 0 Å². The van der Waals surface area contributed by atoms with Gasteiger partial charge in [-0.25, -0.2) is 14.8 Å². The van der Waals surface area contributed by atoms with Crippen LogP contribution in [0.15, 0.2) is 114 Å². The van der Waals surface area contributed by atoms with Crippen LogP contribution in [-0.2, 0) is 82.8 Å². The van der Waals surface area contributed by atoms with Crippen LogP contribution in [-0.4, -0.2) is 263 Å². The number of amides is 8. The van der Waals surface area contributed by atoms with Crippen LogP contribution >= 0.6 is 0 Å². The van der Waals surface area contributed by atoms with Crippen molar-refractivity contribution >= 4 is 86.5 Å². The highest BCUT2D eigenvalue weighted by molar-refractivity contribution is 6.13.